The Kier molecular flexibility index (Phi) is 2.66. The van der Waals surface area contributed by atoms with Gasteiger partial charge in [-0.2, -0.15) is 0 Å². The van der Waals surface area contributed by atoms with Crippen LogP contribution in [0.25, 0.3) is 0 Å². The average Bonchev–Trinajstić information content (AvgIpc) is 2.56. The highest BCUT2D eigenvalue weighted by molar-refractivity contribution is 5.79. The van der Waals surface area contributed by atoms with Crippen LogP contribution in [0.5, 0.6) is 0 Å². The third-order valence-electron chi connectivity index (χ3n) is 4.87. The number of carbonyl (C=O) groups is 1. The number of nitrogens with one attached hydrogen (secondary N) is 1. The Balaban J connectivity index is 1.49. The summed E-state index contributed by atoms with van der Waals surface area (Å²) in [5.41, 5.74) is 5.96. The molecule has 0 spiro atoms. The van der Waals surface area contributed by atoms with Crippen molar-refractivity contribution in [3.8, 4) is 0 Å². The van der Waals surface area contributed by atoms with E-state index in [1.807, 2.05) is 0 Å². The van der Waals surface area contributed by atoms with Crippen LogP contribution in [0.2, 0.25) is 0 Å². The summed E-state index contributed by atoms with van der Waals surface area (Å²) in [6, 6.07) is 0.883. The van der Waals surface area contributed by atoms with Crippen molar-refractivity contribution in [3.05, 3.63) is 0 Å². The Morgan fingerprint density at radius 1 is 1.06 bits per heavy atom. The molecule has 3 N–H and O–H groups in total. The second-order valence-electron chi connectivity index (χ2n) is 6.06. The lowest BCUT2D eigenvalue weighted by Crippen LogP contribution is -2.40. The van der Waals surface area contributed by atoms with Gasteiger partial charge >= 0.3 is 0 Å². The third-order valence-corrected chi connectivity index (χ3v) is 4.87. The molecule has 3 heteroatoms. The summed E-state index contributed by atoms with van der Waals surface area (Å²) >= 11 is 0. The van der Waals surface area contributed by atoms with Gasteiger partial charge in [0.25, 0.3) is 0 Å². The first-order chi connectivity index (χ1) is 7.72. The van der Waals surface area contributed by atoms with Gasteiger partial charge in [-0.3, -0.25) is 4.79 Å². The van der Waals surface area contributed by atoms with Crippen molar-refractivity contribution in [2.24, 2.45) is 23.5 Å². The molecule has 3 aliphatic carbocycles. The van der Waals surface area contributed by atoms with Crippen LogP contribution in [-0.2, 0) is 4.79 Å². The van der Waals surface area contributed by atoms with Gasteiger partial charge in [-0.1, -0.05) is 6.42 Å². The van der Waals surface area contributed by atoms with Crippen molar-refractivity contribution in [2.45, 2.75) is 57.0 Å². The standard InChI is InChI=1S/C13H22N2O/c14-11-4-9-6-12(7-10(9)5-11)15-13(16)8-2-1-3-8/h8-12H,1-7,14H2,(H,15,16). The highest BCUT2D eigenvalue weighted by atomic mass is 16.2. The van der Waals surface area contributed by atoms with Crippen LogP contribution >= 0.6 is 0 Å². The Bertz CT molecular complexity index is 274. The lowest BCUT2D eigenvalue weighted by molar-refractivity contribution is -0.128. The molecule has 2 atom stereocenters. The molecule has 0 radical (unpaired) electrons. The van der Waals surface area contributed by atoms with E-state index in [9.17, 15) is 4.79 Å². The number of carbonyl (C=O) groups excluding carboxylic acids is 1. The van der Waals surface area contributed by atoms with Gasteiger partial charge in [0.05, 0.1) is 0 Å². The molecule has 3 aliphatic rings. The second-order valence-corrected chi connectivity index (χ2v) is 6.06. The molecular weight excluding hydrogens is 200 g/mol. The van der Waals surface area contributed by atoms with Crippen molar-refractivity contribution in [2.75, 3.05) is 0 Å². The van der Waals surface area contributed by atoms with E-state index < -0.39 is 0 Å². The van der Waals surface area contributed by atoms with Crippen molar-refractivity contribution in [3.63, 3.8) is 0 Å². The fourth-order valence-electron chi connectivity index (χ4n) is 3.77. The smallest absolute Gasteiger partial charge is 0.223 e. The molecule has 0 aromatic carbocycles. The summed E-state index contributed by atoms with van der Waals surface area (Å²) in [5, 5.41) is 3.24. The van der Waals surface area contributed by atoms with Gasteiger partial charge in [0.15, 0.2) is 0 Å². The first-order valence-corrected chi connectivity index (χ1v) is 6.78. The van der Waals surface area contributed by atoms with Crippen molar-refractivity contribution < 1.29 is 4.79 Å². The highest BCUT2D eigenvalue weighted by Crippen LogP contribution is 2.43. The van der Waals surface area contributed by atoms with Gasteiger partial charge < -0.3 is 11.1 Å². The first-order valence-electron chi connectivity index (χ1n) is 6.78. The van der Waals surface area contributed by atoms with Crippen LogP contribution in [0.4, 0.5) is 0 Å². The monoisotopic (exact) mass is 222 g/mol. The minimum absolute atomic E-state index is 0.320. The summed E-state index contributed by atoms with van der Waals surface area (Å²) in [6.07, 6.45) is 8.17. The SMILES string of the molecule is NC1CC2CC(NC(=O)C3CCC3)CC2C1. The van der Waals surface area contributed by atoms with E-state index in [4.69, 9.17) is 5.73 Å². The summed E-state index contributed by atoms with van der Waals surface area (Å²) in [6.45, 7) is 0. The Morgan fingerprint density at radius 2 is 1.69 bits per heavy atom. The van der Waals surface area contributed by atoms with Gasteiger partial charge in [0, 0.05) is 18.0 Å². The molecule has 1 amide bonds. The van der Waals surface area contributed by atoms with Gasteiger partial charge in [-0.25, -0.2) is 0 Å². The minimum atomic E-state index is 0.320. The van der Waals surface area contributed by atoms with Crippen LogP contribution < -0.4 is 11.1 Å². The van der Waals surface area contributed by atoms with Gasteiger partial charge in [-0.15, -0.1) is 0 Å². The topological polar surface area (TPSA) is 55.1 Å². The van der Waals surface area contributed by atoms with Crippen LogP contribution in [0.1, 0.15) is 44.9 Å². The molecule has 3 nitrogen and oxygen atoms in total. The van der Waals surface area contributed by atoms with E-state index in [1.54, 1.807) is 0 Å². The molecule has 3 fully saturated rings. The molecule has 0 saturated heterocycles. The normalized spacial score (nSPS) is 42.8. The maximum Gasteiger partial charge on any atom is 0.223 e. The zero-order valence-corrected chi connectivity index (χ0v) is 9.82. The number of hydrogen-bond acceptors (Lipinski definition) is 2. The van der Waals surface area contributed by atoms with Crippen molar-refractivity contribution in [1.82, 2.24) is 5.32 Å². The Labute approximate surface area is 97.2 Å². The number of hydrogen-bond donors (Lipinski definition) is 2. The summed E-state index contributed by atoms with van der Waals surface area (Å²) < 4.78 is 0. The largest absolute Gasteiger partial charge is 0.353 e. The fraction of sp³-hybridized carbons (Fsp3) is 0.923. The molecule has 0 aromatic heterocycles. The zero-order valence-electron chi connectivity index (χ0n) is 9.82. The number of rotatable bonds is 2. The van der Waals surface area contributed by atoms with E-state index in [0.29, 0.717) is 23.9 Å². The van der Waals surface area contributed by atoms with E-state index in [2.05, 4.69) is 5.32 Å². The highest BCUT2D eigenvalue weighted by Gasteiger charge is 2.41. The van der Waals surface area contributed by atoms with Crippen molar-refractivity contribution >= 4 is 5.91 Å². The van der Waals surface area contributed by atoms with E-state index >= 15 is 0 Å². The maximum atomic E-state index is 11.8. The molecule has 3 saturated carbocycles. The van der Waals surface area contributed by atoms with E-state index in [1.165, 1.54) is 32.1 Å². The van der Waals surface area contributed by atoms with Crippen LogP contribution in [0.15, 0.2) is 0 Å². The van der Waals surface area contributed by atoms with Crippen LogP contribution in [0, 0.1) is 17.8 Å². The van der Waals surface area contributed by atoms with Crippen molar-refractivity contribution in [1.29, 1.82) is 0 Å². The summed E-state index contributed by atoms with van der Waals surface area (Å²) in [5.74, 6) is 2.24. The summed E-state index contributed by atoms with van der Waals surface area (Å²) in [7, 11) is 0. The lowest BCUT2D eigenvalue weighted by atomic mass is 9.84. The van der Waals surface area contributed by atoms with E-state index in [-0.39, 0.29) is 0 Å². The number of amides is 1. The van der Waals surface area contributed by atoms with E-state index in [0.717, 1.165) is 24.7 Å². The molecule has 0 heterocycles. The maximum absolute atomic E-state index is 11.8. The Hall–Kier alpha value is -0.570. The molecule has 3 rings (SSSR count). The van der Waals surface area contributed by atoms with Gasteiger partial charge in [-0.05, 0) is 50.4 Å². The minimum Gasteiger partial charge on any atom is -0.353 e. The van der Waals surface area contributed by atoms with Crippen LogP contribution in [0.3, 0.4) is 0 Å². The second kappa shape index (κ2) is 4.02. The number of nitrogens with two attached hydrogens (primary N) is 1. The number of fused-ring (bicyclic) bond motifs is 1. The Morgan fingerprint density at radius 3 is 2.19 bits per heavy atom. The molecule has 0 bridgehead atoms. The molecule has 0 aliphatic heterocycles. The lowest BCUT2D eigenvalue weighted by Gasteiger charge is -2.26. The quantitative estimate of drug-likeness (QED) is 0.742. The molecule has 2 unspecified atom stereocenters. The first kappa shape index (κ1) is 10.6. The fourth-order valence-corrected chi connectivity index (χ4v) is 3.77. The van der Waals surface area contributed by atoms with Gasteiger partial charge in [0.1, 0.15) is 0 Å². The summed E-state index contributed by atoms with van der Waals surface area (Å²) in [4.78, 5) is 11.8. The average molecular weight is 222 g/mol. The predicted molar refractivity (Wildman–Crippen MR) is 62.7 cm³/mol. The molecule has 90 valence electrons. The molecule has 16 heavy (non-hydrogen) atoms. The van der Waals surface area contributed by atoms with Crippen LogP contribution in [-0.4, -0.2) is 18.0 Å². The zero-order chi connectivity index (χ0) is 11.1. The third kappa shape index (κ3) is 1.86. The molecular formula is C13H22N2O. The predicted octanol–water partition coefficient (Wildman–Crippen LogP) is 1.42. The molecule has 0 aromatic rings. The van der Waals surface area contributed by atoms with Gasteiger partial charge in [0.2, 0.25) is 5.91 Å².